The SMILES string of the molecule is COc1ccc2c(c1O)-c1c(O)c(OC)cc3c1[C@H](C2)[NH+](C)CC3. The molecule has 0 amide bonds. The lowest BCUT2D eigenvalue weighted by Gasteiger charge is -2.37. The number of hydrogen-bond acceptors (Lipinski definition) is 4. The van der Waals surface area contributed by atoms with Crippen LogP contribution in [0, 0.1) is 0 Å². The standard InChI is InChI=1S/C19H21NO4/c1-20-7-6-11-9-14(24-3)19(22)17-15(11)12(20)8-10-4-5-13(23-2)18(21)16(10)17/h4-5,9,12,21-22H,6-8H2,1-3H3/p+1/t12-/m0/s1. The van der Waals surface area contributed by atoms with Crippen molar-refractivity contribution in [3.63, 3.8) is 0 Å². The lowest BCUT2D eigenvalue weighted by molar-refractivity contribution is -0.914. The molecule has 1 aliphatic carbocycles. The third kappa shape index (κ3) is 1.91. The first-order chi connectivity index (χ1) is 11.6. The summed E-state index contributed by atoms with van der Waals surface area (Å²) in [6.07, 6.45) is 1.77. The van der Waals surface area contributed by atoms with E-state index >= 15 is 0 Å². The quantitative estimate of drug-likeness (QED) is 0.781. The Balaban J connectivity index is 2.10. The van der Waals surface area contributed by atoms with Crippen LogP contribution in [-0.4, -0.2) is 38.0 Å². The van der Waals surface area contributed by atoms with E-state index in [1.54, 1.807) is 13.2 Å². The van der Waals surface area contributed by atoms with Crippen LogP contribution in [0.5, 0.6) is 23.0 Å². The summed E-state index contributed by atoms with van der Waals surface area (Å²) in [6, 6.07) is 5.99. The minimum absolute atomic E-state index is 0.0856. The van der Waals surface area contributed by atoms with Gasteiger partial charge in [-0.15, -0.1) is 0 Å². The van der Waals surface area contributed by atoms with Crippen molar-refractivity contribution in [3.05, 3.63) is 34.9 Å². The summed E-state index contributed by atoms with van der Waals surface area (Å²) < 4.78 is 10.7. The molecule has 2 aromatic carbocycles. The van der Waals surface area contributed by atoms with Gasteiger partial charge in [-0.1, -0.05) is 6.07 Å². The van der Waals surface area contributed by atoms with E-state index in [0.29, 0.717) is 22.6 Å². The van der Waals surface area contributed by atoms with Crippen LogP contribution in [0.3, 0.4) is 0 Å². The average molecular weight is 328 g/mol. The van der Waals surface area contributed by atoms with Crippen LogP contribution in [0.15, 0.2) is 18.2 Å². The molecule has 5 heteroatoms. The fraction of sp³-hybridized carbons (Fsp3) is 0.368. The fourth-order valence-corrected chi connectivity index (χ4v) is 4.21. The fourth-order valence-electron chi connectivity index (χ4n) is 4.21. The van der Waals surface area contributed by atoms with Gasteiger partial charge >= 0.3 is 0 Å². The first-order valence-electron chi connectivity index (χ1n) is 8.21. The van der Waals surface area contributed by atoms with Gasteiger partial charge < -0.3 is 24.6 Å². The van der Waals surface area contributed by atoms with Crippen molar-refractivity contribution in [1.82, 2.24) is 0 Å². The molecular formula is C19H22NO4+. The Bertz CT molecular complexity index is 831. The Labute approximate surface area is 141 Å². The summed E-state index contributed by atoms with van der Waals surface area (Å²) in [5.41, 5.74) is 4.73. The molecule has 0 bridgehead atoms. The molecule has 24 heavy (non-hydrogen) atoms. The van der Waals surface area contributed by atoms with Crippen LogP contribution >= 0.6 is 0 Å². The second kappa shape index (κ2) is 5.31. The molecule has 2 aliphatic rings. The van der Waals surface area contributed by atoms with Crippen LogP contribution in [0.25, 0.3) is 11.1 Å². The Morgan fingerprint density at radius 1 is 1.00 bits per heavy atom. The van der Waals surface area contributed by atoms with Crippen LogP contribution < -0.4 is 14.4 Å². The Morgan fingerprint density at radius 3 is 2.42 bits per heavy atom. The van der Waals surface area contributed by atoms with Crippen LogP contribution in [-0.2, 0) is 12.8 Å². The number of likely N-dealkylation sites (N-methyl/N-ethyl adjacent to an activating group) is 1. The minimum Gasteiger partial charge on any atom is -0.504 e. The van der Waals surface area contributed by atoms with E-state index in [2.05, 4.69) is 7.05 Å². The highest BCUT2D eigenvalue weighted by Crippen LogP contribution is 2.53. The summed E-state index contributed by atoms with van der Waals surface area (Å²) in [6.45, 7) is 1.04. The highest BCUT2D eigenvalue weighted by Gasteiger charge is 2.40. The van der Waals surface area contributed by atoms with Crippen molar-refractivity contribution in [1.29, 1.82) is 0 Å². The number of ether oxygens (including phenoxy) is 2. The summed E-state index contributed by atoms with van der Waals surface area (Å²) in [5.74, 6) is 1.06. The zero-order valence-electron chi connectivity index (χ0n) is 14.1. The molecule has 3 N–H and O–H groups in total. The molecule has 1 unspecified atom stereocenters. The van der Waals surface area contributed by atoms with Crippen molar-refractivity contribution in [2.24, 2.45) is 0 Å². The molecule has 1 heterocycles. The number of benzene rings is 2. The van der Waals surface area contributed by atoms with Gasteiger partial charge in [0.15, 0.2) is 23.0 Å². The van der Waals surface area contributed by atoms with Gasteiger partial charge in [0.25, 0.3) is 0 Å². The third-order valence-corrected chi connectivity index (χ3v) is 5.46. The van der Waals surface area contributed by atoms with Gasteiger partial charge in [0.05, 0.1) is 27.8 Å². The van der Waals surface area contributed by atoms with E-state index in [4.69, 9.17) is 9.47 Å². The molecule has 0 spiro atoms. The van der Waals surface area contributed by atoms with E-state index in [0.717, 1.165) is 30.5 Å². The topological polar surface area (TPSA) is 63.4 Å². The molecule has 0 fully saturated rings. The van der Waals surface area contributed by atoms with E-state index in [-0.39, 0.29) is 17.5 Å². The lowest BCUT2D eigenvalue weighted by atomic mass is 9.76. The number of phenols is 2. The molecule has 0 saturated heterocycles. The monoisotopic (exact) mass is 328 g/mol. The van der Waals surface area contributed by atoms with E-state index in [9.17, 15) is 10.2 Å². The van der Waals surface area contributed by atoms with Crippen LogP contribution in [0.2, 0.25) is 0 Å². The van der Waals surface area contributed by atoms with Crippen molar-refractivity contribution >= 4 is 0 Å². The maximum Gasteiger partial charge on any atom is 0.166 e. The minimum atomic E-state index is 0.0856. The van der Waals surface area contributed by atoms with Crippen molar-refractivity contribution in [2.75, 3.05) is 27.8 Å². The highest BCUT2D eigenvalue weighted by atomic mass is 16.5. The van der Waals surface area contributed by atoms with Crippen molar-refractivity contribution in [2.45, 2.75) is 18.9 Å². The van der Waals surface area contributed by atoms with Gasteiger partial charge in [0.1, 0.15) is 6.04 Å². The first-order valence-corrected chi connectivity index (χ1v) is 8.21. The van der Waals surface area contributed by atoms with Crippen molar-refractivity contribution < 1.29 is 24.6 Å². The smallest absolute Gasteiger partial charge is 0.166 e. The predicted octanol–water partition coefficient (Wildman–Crippen LogP) is 1.45. The largest absolute Gasteiger partial charge is 0.504 e. The molecule has 2 aromatic rings. The van der Waals surface area contributed by atoms with E-state index < -0.39 is 0 Å². The molecule has 4 rings (SSSR count). The third-order valence-electron chi connectivity index (χ3n) is 5.46. The van der Waals surface area contributed by atoms with Crippen LogP contribution in [0.4, 0.5) is 0 Å². The zero-order chi connectivity index (χ0) is 17.0. The number of nitrogens with one attached hydrogen (secondary N) is 1. The number of quaternary nitrogens is 1. The lowest BCUT2D eigenvalue weighted by Crippen LogP contribution is -3.10. The van der Waals surface area contributed by atoms with E-state index in [1.165, 1.54) is 17.6 Å². The first kappa shape index (κ1) is 15.1. The summed E-state index contributed by atoms with van der Waals surface area (Å²) in [7, 11) is 5.28. The van der Waals surface area contributed by atoms with Gasteiger partial charge in [0.2, 0.25) is 0 Å². The van der Waals surface area contributed by atoms with Gasteiger partial charge in [-0.3, -0.25) is 0 Å². The number of aromatic hydroxyl groups is 2. The second-order valence-corrected chi connectivity index (χ2v) is 6.63. The maximum absolute atomic E-state index is 10.8. The van der Waals surface area contributed by atoms with E-state index in [1.807, 2.05) is 12.1 Å². The maximum atomic E-state index is 10.8. The number of rotatable bonds is 2. The number of phenolic OH excluding ortho intramolecular Hbond substituents is 2. The van der Waals surface area contributed by atoms with Crippen LogP contribution in [0.1, 0.15) is 22.7 Å². The molecule has 0 saturated carbocycles. The van der Waals surface area contributed by atoms with Gasteiger partial charge in [-0.05, 0) is 23.3 Å². The van der Waals surface area contributed by atoms with Gasteiger partial charge in [-0.25, -0.2) is 0 Å². The predicted molar refractivity (Wildman–Crippen MR) is 90.2 cm³/mol. The highest BCUT2D eigenvalue weighted by molar-refractivity contribution is 5.87. The Kier molecular flexibility index (Phi) is 3.35. The molecule has 126 valence electrons. The summed E-state index contributed by atoms with van der Waals surface area (Å²) in [5, 5.41) is 21.6. The second-order valence-electron chi connectivity index (χ2n) is 6.63. The number of fused-ring (bicyclic) bond motifs is 2. The molecule has 2 atom stereocenters. The van der Waals surface area contributed by atoms with Gasteiger partial charge in [0, 0.05) is 29.5 Å². The molecular weight excluding hydrogens is 306 g/mol. The molecule has 5 nitrogen and oxygen atoms in total. The molecule has 0 radical (unpaired) electrons. The normalized spacial score (nSPS) is 21.0. The Hall–Kier alpha value is -2.40. The average Bonchev–Trinajstić information content (AvgIpc) is 2.59. The number of hydrogen-bond donors (Lipinski definition) is 3. The molecule has 1 aliphatic heterocycles. The Morgan fingerprint density at radius 2 is 1.71 bits per heavy atom. The summed E-state index contributed by atoms with van der Waals surface area (Å²) >= 11 is 0. The number of methoxy groups -OCH3 is 2. The summed E-state index contributed by atoms with van der Waals surface area (Å²) in [4.78, 5) is 1.43. The van der Waals surface area contributed by atoms with Crippen molar-refractivity contribution in [3.8, 4) is 34.1 Å². The zero-order valence-corrected chi connectivity index (χ0v) is 14.1. The van der Waals surface area contributed by atoms with Gasteiger partial charge in [-0.2, -0.15) is 0 Å². The molecule has 0 aromatic heterocycles.